The van der Waals surface area contributed by atoms with Crippen LogP contribution in [0.1, 0.15) is 32.2 Å². The molecule has 0 aliphatic heterocycles. The van der Waals surface area contributed by atoms with Gasteiger partial charge in [-0.3, -0.25) is 4.68 Å². The monoisotopic (exact) mass is 252 g/mol. The quantitative estimate of drug-likeness (QED) is 0.765. The zero-order chi connectivity index (χ0) is 13.5. The van der Waals surface area contributed by atoms with Gasteiger partial charge in [-0.15, -0.1) is 0 Å². The molecule has 1 atom stereocenters. The topological polar surface area (TPSA) is 33.1 Å². The average Bonchev–Trinajstić information content (AvgIpc) is 2.71. The molecule has 1 rings (SSSR count). The molecule has 0 fully saturated rings. The largest absolute Gasteiger partial charge is 0.319 e. The lowest BCUT2D eigenvalue weighted by Gasteiger charge is -2.21. The van der Waals surface area contributed by atoms with Crippen LogP contribution < -0.4 is 5.32 Å². The van der Waals surface area contributed by atoms with Gasteiger partial charge in [0.2, 0.25) is 0 Å². The number of aryl methyl sites for hydroxylation is 2. The highest BCUT2D eigenvalue weighted by atomic mass is 15.3. The van der Waals surface area contributed by atoms with Gasteiger partial charge >= 0.3 is 0 Å². The first-order chi connectivity index (χ1) is 8.60. The first kappa shape index (κ1) is 15.2. The fourth-order valence-electron chi connectivity index (χ4n) is 2.37. The van der Waals surface area contributed by atoms with E-state index in [1.54, 1.807) is 0 Å². The summed E-state index contributed by atoms with van der Waals surface area (Å²) in [5, 5.41) is 7.82. The van der Waals surface area contributed by atoms with Gasteiger partial charge < -0.3 is 10.2 Å². The van der Waals surface area contributed by atoms with Crippen molar-refractivity contribution in [3.8, 4) is 0 Å². The molecule has 0 saturated heterocycles. The molecule has 0 amide bonds. The van der Waals surface area contributed by atoms with E-state index in [-0.39, 0.29) is 0 Å². The highest BCUT2D eigenvalue weighted by molar-refractivity contribution is 5.10. The second-order valence-corrected chi connectivity index (χ2v) is 5.16. The fourth-order valence-corrected chi connectivity index (χ4v) is 2.37. The average molecular weight is 252 g/mol. The molecule has 1 aromatic rings. The molecule has 0 bridgehead atoms. The van der Waals surface area contributed by atoms with E-state index in [1.807, 2.05) is 7.05 Å². The molecule has 4 nitrogen and oxygen atoms in total. The summed E-state index contributed by atoms with van der Waals surface area (Å²) in [6.45, 7) is 10.7. The van der Waals surface area contributed by atoms with Gasteiger partial charge in [-0.1, -0.05) is 13.8 Å². The first-order valence-corrected chi connectivity index (χ1v) is 6.99. The summed E-state index contributed by atoms with van der Waals surface area (Å²) in [7, 11) is 4.20. The van der Waals surface area contributed by atoms with Crippen LogP contribution >= 0.6 is 0 Å². The van der Waals surface area contributed by atoms with Crippen molar-refractivity contribution in [2.75, 3.05) is 27.2 Å². The summed E-state index contributed by atoms with van der Waals surface area (Å²) in [6, 6.07) is 2.24. The maximum atomic E-state index is 4.59. The highest BCUT2D eigenvalue weighted by Crippen LogP contribution is 2.09. The second kappa shape index (κ2) is 7.54. The summed E-state index contributed by atoms with van der Waals surface area (Å²) in [5.74, 6) is 0.670. The SMILES string of the molecule is CCc1cc(CN(C)CC(C)CNC)n(CC)n1. The van der Waals surface area contributed by atoms with Gasteiger partial charge in [0, 0.05) is 19.6 Å². The van der Waals surface area contributed by atoms with Gasteiger partial charge in [0.15, 0.2) is 0 Å². The minimum absolute atomic E-state index is 0.670. The van der Waals surface area contributed by atoms with Crippen molar-refractivity contribution in [3.05, 3.63) is 17.5 Å². The van der Waals surface area contributed by atoms with Crippen LogP contribution in [0.3, 0.4) is 0 Å². The molecule has 1 N–H and O–H groups in total. The van der Waals surface area contributed by atoms with Crippen LogP contribution in [0, 0.1) is 5.92 Å². The van der Waals surface area contributed by atoms with Crippen molar-refractivity contribution in [2.24, 2.45) is 5.92 Å². The summed E-state index contributed by atoms with van der Waals surface area (Å²) in [6.07, 6.45) is 1.01. The van der Waals surface area contributed by atoms with E-state index in [0.29, 0.717) is 5.92 Å². The Kier molecular flexibility index (Phi) is 6.36. The van der Waals surface area contributed by atoms with Gasteiger partial charge in [-0.25, -0.2) is 0 Å². The third kappa shape index (κ3) is 4.42. The molecule has 4 heteroatoms. The standard InChI is InChI=1S/C14H28N4/c1-6-13-8-14(18(7-2)16-13)11-17(5)10-12(3)9-15-4/h8,12,15H,6-7,9-11H2,1-5H3. The summed E-state index contributed by atoms with van der Waals surface area (Å²) in [4.78, 5) is 2.38. The molecular formula is C14H28N4. The van der Waals surface area contributed by atoms with E-state index in [0.717, 1.165) is 32.6 Å². The molecule has 0 aliphatic rings. The molecule has 104 valence electrons. The number of nitrogens with zero attached hydrogens (tertiary/aromatic N) is 3. The number of rotatable bonds is 8. The number of aromatic nitrogens is 2. The third-order valence-corrected chi connectivity index (χ3v) is 3.18. The minimum atomic E-state index is 0.670. The van der Waals surface area contributed by atoms with Crippen LogP contribution in [-0.4, -0.2) is 41.9 Å². The van der Waals surface area contributed by atoms with E-state index in [4.69, 9.17) is 0 Å². The lowest BCUT2D eigenvalue weighted by atomic mass is 10.1. The van der Waals surface area contributed by atoms with Crippen molar-refractivity contribution >= 4 is 0 Å². The van der Waals surface area contributed by atoms with E-state index in [9.17, 15) is 0 Å². The zero-order valence-electron chi connectivity index (χ0n) is 12.5. The normalized spacial score (nSPS) is 13.2. The van der Waals surface area contributed by atoms with Gasteiger partial charge in [0.05, 0.1) is 11.4 Å². The Balaban J connectivity index is 2.57. The lowest BCUT2D eigenvalue weighted by Crippen LogP contribution is -2.30. The van der Waals surface area contributed by atoms with Crippen molar-refractivity contribution < 1.29 is 0 Å². The van der Waals surface area contributed by atoms with Crippen molar-refractivity contribution in [1.29, 1.82) is 0 Å². The Morgan fingerprint density at radius 2 is 2.17 bits per heavy atom. The van der Waals surface area contributed by atoms with Crippen LogP contribution in [0.4, 0.5) is 0 Å². The van der Waals surface area contributed by atoms with E-state index in [1.165, 1.54) is 11.4 Å². The van der Waals surface area contributed by atoms with E-state index in [2.05, 4.69) is 53.9 Å². The van der Waals surface area contributed by atoms with Crippen LogP contribution in [0.15, 0.2) is 6.07 Å². The van der Waals surface area contributed by atoms with Crippen molar-refractivity contribution in [1.82, 2.24) is 20.0 Å². The summed E-state index contributed by atoms with van der Waals surface area (Å²) < 4.78 is 2.12. The van der Waals surface area contributed by atoms with E-state index >= 15 is 0 Å². The molecule has 1 aromatic heterocycles. The Hall–Kier alpha value is -0.870. The predicted octanol–water partition coefficient (Wildman–Crippen LogP) is 1.75. The van der Waals surface area contributed by atoms with Crippen molar-refractivity contribution in [3.63, 3.8) is 0 Å². The second-order valence-electron chi connectivity index (χ2n) is 5.16. The highest BCUT2D eigenvalue weighted by Gasteiger charge is 2.10. The number of hydrogen-bond donors (Lipinski definition) is 1. The summed E-state index contributed by atoms with van der Waals surface area (Å²) >= 11 is 0. The fraction of sp³-hybridized carbons (Fsp3) is 0.786. The maximum Gasteiger partial charge on any atom is 0.0625 e. The number of nitrogens with one attached hydrogen (secondary N) is 1. The molecule has 0 aliphatic carbocycles. The van der Waals surface area contributed by atoms with Gasteiger partial charge in [0.1, 0.15) is 0 Å². The zero-order valence-corrected chi connectivity index (χ0v) is 12.5. The molecule has 0 spiro atoms. The molecule has 0 radical (unpaired) electrons. The van der Waals surface area contributed by atoms with Crippen LogP contribution in [0.5, 0.6) is 0 Å². The van der Waals surface area contributed by atoms with E-state index < -0.39 is 0 Å². The molecule has 0 saturated carbocycles. The van der Waals surface area contributed by atoms with Crippen LogP contribution in [-0.2, 0) is 19.5 Å². The molecule has 0 aromatic carbocycles. The molecular weight excluding hydrogens is 224 g/mol. The van der Waals surface area contributed by atoms with Crippen molar-refractivity contribution in [2.45, 2.75) is 40.3 Å². The Bertz CT molecular complexity index is 346. The predicted molar refractivity (Wildman–Crippen MR) is 76.7 cm³/mol. The van der Waals surface area contributed by atoms with Crippen LogP contribution in [0.2, 0.25) is 0 Å². The molecule has 1 heterocycles. The third-order valence-electron chi connectivity index (χ3n) is 3.18. The minimum Gasteiger partial charge on any atom is -0.319 e. The molecule has 1 unspecified atom stereocenters. The smallest absolute Gasteiger partial charge is 0.0625 e. The number of hydrogen-bond acceptors (Lipinski definition) is 3. The maximum absolute atomic E-state index is 4.59. The summed E-state index contributed by atoms with van der Waals surface area (Å²) in [5.41, 5.74) is 2.53. The Morgan fingerprint density at radius 1 is 1.44 bits per heavy atom. The Morgan fingerprint density at radius 3 is 2.72 bits per heavy atom. The van der Waals surface area contributed by atoms with Gasteiger partial charge in [-0.05, 0) is 46.0 Å². The van der Waals surface area contributed by atoms with Gasteiger partial charge in [-0.2, -0.15) is 5.10 Å². The first-order valence-electron chi connectivity index (χ1n) is 6.99. The molecule has 18 heavy (non-hydrogen) atoms. The Labute approximate surface area is 111 Å². The lowest BCUT2D eigenvalue weighted by molar-refractivity contribution is 0.269. The van der Waals surface area contributed by atoms with Gasteiger partial charge in [0.25, 0.3) is 0 Å². The van der Waals surface area contributed by atoms with Crippen LogP contribution in [0.25, 0.3) is 0 Å².